The van der Waals surface area contributed by atoms with Gasteiger partial charge in [0, 0.05) is 9.86 Å². The summed E-state index contributed by atoms with van der Waals surface area (Å²) in [5.74, 6) is -0.0695. The number of nitrogens with one attached hydrogen (secondary N) is 1. The molecule has 0 aliphatic rings. The van der Waals surface area contributed by atoms with Crippen LogP contribution in [-0.2, 0) is 9.63 Å². The number of methoxy groups -OCH3 is 1. The summed E-state index contributed by atoms with van der Waals surface area (Å²) in [7, 11) is 1.58. The number of aromatic nitrogens is 1. The number of carbonyl (C=O) groups is 1. The maximum Gasteiger partial charge on any atom is 0.304 e. The summed E-state index contributed by atoms with van der Waals surface area (Å²) in [5, 5.41) is 21.6. The summed E-state index contributed by atoms with van der Waals surface area (Å²) in [5.41, 5.74) is 1.65. The zero-order valence-corrected chi connectivity index (χ0v) is 15.8. The van der Waals surface area contributed by atoms with Crippen LogP contribution in [0, 0.1) is 0 Å². The average molecular weight is 431 g/mol. The molecule has 0 saturated heterocycles. The lowest BCUT2D eigenvalue weighted by molar-refractivity contribution is -0.122. The fraction of sp³-hybridized carbons (Fsp3) is 0.111. The molecule has 0 aliphatic heterocycles. The van der Waals surface area contributed by atoms with Crippen LogP contribution >= 0.6 is 15.9 Å². The number of aromatic hydroxyl groups is 1. The Hall–Kier alpha value is -3.20. The van der Waals surface area contributed by atoms with E-state index in [9.17, 15) is 9.90 Å². The highest BCUT2D eigenvalue weighted by molar-refractivity contribution is 9.10. The largest absolute Gasteiger partial charge is 0.497 e. The third kappa shape index (κ3) is 4.70. The molecule has 2 N–H and O–H groups in total. The molecule has 0 atom stereocenters. The minimum Gasteiger partial charge on any atom is -0.497 e. The number of amides is 1. The molecule has 0 radical (unpaired) electrons. The van der Waals surface area contributed by atoms with Crippen molar-refractivity contribution in [1.29, 1.82) is 0 Å². The second kappa shape index (κ2) is 8.45. The van der Waals surface area contributed by atoms with Gasteiger partial charge in [-0.15, -0.1) is 10.2 Å². The average Bonchev–Trinajstić information content (AvgIpc) is 2.98. The highest BCUT2D eigenvalue weighted by Gasteiger charge is 2.11. The van der Waals surface area contributed by atoms with E-state index in [1.165, 1.54) is 6.21 Å². The van der Waals surface area contributed by atoms with E-state index in [0.29, 0.717) is 10.9 Å². The van der Waals surface area contributed by atoms with E-state index in [1.807, 2.05) is 6.07 Å². The first kappa shape index (κ1) is 18.6. The number of hydrogen-bond donors (Lipinski definition) is 2. The molecule has 0 unspecified atom stereocenters. The van der Waals surface area contributed by atoms with Crippen molar-refractivity contribution < 1.29 is 19.5 Å². The summed E-state index contributed by atoms with van der Waals surface area (Å²) in [6, 6.07) is 12.5. The number of rotatable bonds is 6. The lowest BCUT2D eigenvalue weighted by atomic mass is 10.2. The quantitative estimate of drug-likeness (QED) is 0.345. The molecule has 27 heavy (non-hydrogen) atoms. The third-order valence-corrected chi connectivity index (χ3v) is 4.05. The van der Waals surface area contributed by atoms with Crippen LogP contribution < -0.4 is 4.74 Å². The van der Waals surface area contributed by atoms with Crippen molar-refractivity contribution in [3.05, 3.63) is 52.5 Å². The number of oxime groups is 1. The van der Waals surface area contributed by atoms with Crippen LogP contribution in [0.5, 0.6) is 11.6 Å². The van der Waals surface area contributed by atoms with Crippen LogP contribution in [0.3, 0.4) is 0 Å². The van der Waals surface area contributed by atoms with E-state index >= 15 is 0 Å². The van der Waals surface area contributed by atoms with Gasteiger partial charge in [0.25, 0.3) is 0 Å². The summed E-state index contributed by atoms with van der Waals surface area (Å²) in [6.45, 7) is -0.372. The summed E-state index contributed by atoms with van der Waals surface area (Å²) in [4.78, 5) is 19.5. The molecule has 0 spiro atoms. The molecule has 3 rings (SSSR count). The minimum absolute atomic E-state index is 0.168. The highest BCUT2D eigenvalue weighted by atomic mass is 79.9. The highest BCUT2D eigenvalue weighted by Crippen LogP contribution is 2.36. The van der Waals surface area contributed by atoms with Gasteiger partial charge in [-0.25, -0.2) is 0 Å². The lowest BCUT2D eigenvalue weighted by Crippen LogP contribution is -2.01. The topological polar surface area (TPSA) is 109 Å². The third-order valence-electron chi connectivity index (χ3n) is 3.56. The van der Waals surface area contributed by atoms with Crippen molar-refractivity contribution >= 4 is 44.6 Å². The predicted molar refractivity (Wildman–Crippen MR) is 104 cm³/mol. The number of hydrogen-bond acceptors (Lipinski definition) is 6. The smallest absolute Gasteiger partial charge is 0.304 e. The van der Waals surface area contributed by atoms with Crippen LogP contribution in [-0.4, -0.2) is 35.9 Å². The molecule has 9 heteroatoms. The Morgan fingerprint density at radius 3 is 2.78 bits per heavy atom. The van der Waals surface area contributed by atoms with Gasteiger partial charge >= 0.3 is 5.91 Å². The second-order valence-electron chi connectivity index (χ2n) is 5.39. The fourth-order valence-electron chi connectivity index (χ4n) is 2.25. The van der Waals surface area contributed by atoms with Gasteiger partial charge in [-0.2, -0.15) is 0 Å². The van der Waals surface area contributed by atoms with Gasteiger partial charge in [0.05, 0.1) is 18.8 Å². The molecule has 0 bridgehead atoms. The Morgan fingerprint density at radius 1 is 1.26 bits per heavy atom. The number of halogens is 1. The Labute approximate surface area is 162 Å². The van der Waals surface area contributed by atoms with Gasteiger partial charge in [-0.1, -0.05) is 21.1 Å². The summed E-state index contributed by atoms with van der Waals surface area (Å²) < 4.78 is 5.87. The lowest BCUT2D eigenvalue weighted by Gasteiger charge is -1.98. The number of nitrogens with zero attached hydrogens (tertiary/aromatic N) is 3. The van der Waals surface area contributed by atoms with E-state index < -0.39 is 5.91 Å². The molecular weight excluding hydrogens is 416 g/mol. The Balaban J connectivity index is 1.58. The van der Waals surface area contributed by atoms with Crippen molar-refractivity contribution in [2.45, 2.75) is 0 Å². The zero-order chi connectivity index (χ0) is 19.2. The first-order valence-electron chi connectivity index (χ1n) is 7.81. The maximum absolute atomic E-state index is 11.8. The van der Waals surface area contributed by atoms with Crippen molar-refractivity contribution in [2.75, 3.05) is 13.7 Å². The van der Waals surface area contributed by atoms with E-state index in [4.69, 9.17) is 9.57 Å². The molecule has 0 aliphatic carbocycles. The number of ether oxygens (including phenoxy) is 1. The van der Waals surface area contributed by atoms with E-state index in [1.54, 1.807) is 43.5 Å². The van der Waals surface area contributed by atoms with E-state index in [-0.39, 0.29) is 18.2 Å². The Bertz CT molecular complexity index is 1010. The fourth-order valence-corrected chi connectivity index (χ4v) is 2.61. The number of azo groups is 1. The van der Waals surface area contributed by atoms with Gasteiger partial charge in [0.1, 0.15) is 5.75 Å². The molecule has 3 aromatic rings. The molecule has 0 fully saturated rings. The van der Waals surface area contributed by atoms with Crippen LogP contribution in [0.4, 0.5) is 5.69 Å². The Morgan fingerprint density at radius 2 is 2.04 bits per heavy atom. The van der Waals surface area contributed by atoms with E-state index in [0.717, 1.165) is 15.8 Å². The second-order valence-corrected chi connectivity index (χ2v) is 6.30. The molecular formula is C18H15BrN4O4. The van der Waals surface area contributed by atoms with Crippen LogP contribution in [0.2, 0.25) is 0 Å². The van der Waals surface area contributed by atoms with Crippen LogP contribution in [0.1, 0.15) is 5.56 Å². The SMILES string of the molecule is COc1ccc(C=NOCC(=O)N=Nc2c(O)[nH]c3ccc(Br)cc23)cc1. The summed E-state index contributed by atoms with van der Waals surface area (Å²) in [6.07, 6.45) is 1.47. The normalized spacial score (nSPS) is 11.5. The zero-order valence-electron chi connectivity index (χ0n) is 14.2. The molecule has 0 saturated carbocycles. The number of aromatic amines is 1. The molecule has 8 nitrogen and oxygen atoms in total. The molecule has 138 valence electrons. The van der Waals surface area contributed by atoms with Crippen molar-refractivity contribution in [3.8, 4) is 11.6 Å². The summed E-state index contributed by atoms with van der Waals surface area (Å²) >= 11 is 3.35. The molecule has 1 aromatic heterocycles. The first-order valence-corrected chi connectivity index (χ1v) is 8.60. The van der Waals surface area contributed by atoms with Crippen molar-refractivity contribution in [2.24, 2.45) is 15.4 Å². The van der Waals surface area contributed by atoms with Gasteiger partial charge in [-0.3, -0.25) is 4.79 Å². The first-order chi connectivity index (χ1) is 13.1. The van der Waals surface area contributed by atoms with E-state index in [2.05, 4.69) is 36.3 Å². The molecule has 2 aromatic carbocycles. The molecule has 1 amide bonds. The number of carbonyl (C=O) groups excluding carboxylic acids is 1. The van der Waals surface area contributed by atoms with Gasteiger partial charge in [-0.05, 0) is 48.0 Å². The minimum atomic E-state index is -0.634. The number of benzene rings is 2. The number of fused-ring (bicyclic) bond motifs is 1. The van der Waals surface area contributed by atoms with Gasteiger partial charge in [0.15, 0.2) is 12.3 Å². The molecule has 1 heterocycles. The Kier molecular flexibility index (Phi) is 5.82. The number of H-pyrrole nitrogens is 1. The van der Waals surface area contributed by atoms with Crippen molar-refractivity contribution in [1.82, 2.24) is 4.98 Å². The van der Waals surface area contributed by atoms with Gasteiger partial charge in [0.2, 0.25) is 5.88 Å². The van der Waals surface area contributed by atoms with Crippen LogP contribution in [0.15, 0.2) is 62.3 Å². The van der Waals surface area contributed by atoms with Crippen LogP contribution in [0.25, 0.3) is 10.9 Å². The van der Waals surface area contributed by atoms with Crippen molar-refractivity contribution in [3.63, 3.8) is 0 Å². The standard InChI is InChI=1S/C18H15BrN4O4/c1-26-13-5-2-11(3-6-13)9-20-27-10-16(24)22-23-17-14-8-12(19)4-7-15(14)21-18(17)25/h2-9,21,25H,10H2,1H3. The van der Waals surface area contributed by atoms with Gasteiger partial charge < -0.3 is 19.7 Å². The maximum atomic E-state index is 11.8. The monoisotopic (exact) mass is 430 g/mol. The predicted octanol–water partition coefficient (Wildman–Crippen LogP) is 4.31.